The minimum atomic E-state index is -1.26. The van der Waals surface area contributed by atoms with Gasteiger partial charge in [-0.05, 0) is 6.42 Å². The Morgan fingerprint density at radius 3 is 2.30 bits per heavy atom. The van der Waals surface area contributed by atoms with Crippen molar-refractivity contribution in [3.8, 4) is 0 Å². The van der Waals surface area contributed by atoms with Crippen molar-refractivity contribution >= 4 is 40.6 Å². The highest BCUT2D eigenvalue weighted by Crippen LogP contribution is 2.06. The molecule has 0 unspecified atom stereocenters. The van der Waals surface area contributed by atoms with Crippen LogP contribution in [0.4, 0.5) is 0 Å². The quantitative estimate of drug-likeness (QED) is 0.255. The number of ether oxygens (including phenoxy) is 1. The van der Waals surface area contributed by atoms with E-state index in [-0.39, 0.29) is 23.7 Å². The third-order valence-corrected chi connectivity index (χ3v) is 3.38. The predicted molar refractivity (Wildman–Crippen MR) is 81.6 cm³/mol. The third kappa shape index (κ3) is 9.60. The second-order valence-corrected chi connectivity index (χ2v) is 5.67. The normalized spacial score (nSPS) is 12.8. The van der Waals surface area contributed by atoms with Gasteiger partial charge in [0, 0.05) is 19.1 Å². The number of nitrogens with one attached hydrogen (secondary N) is 1. The summed E-state index contributed by atoms with van der Waals surface area (Å²) in [6, 6.07) is -2.34. The molecule has 0 heterocycles. The first-order valence-electron chi connectivity index (χ1n) is 6.59. The lowest BCUT2D eigenvalue weighted by Gasteiger charge is -2.18. The van der Waals surface area contributed by atoms with E-state index in [1.54, 1.807) is 0 Å². The number of amides is 2. The SMILES string of the molecule is CC(=O)SC[C@H](NC(=O)[C@@H](N)CCC(N)=O)C(=O)OC(=O)CN. The van der Waals surface area contributed by atoms with Crippen molar-refractivity contribution in [3.63, 3.8) is 0 Å². The van der Waals surface area contributed by atoms with Crippen LogP contribution in [0.2, 0.25) is 0 Å². The van der Waals surface area contributed by atoms with Crippen LogP contribution in [0.1, 0.15) is 19.8 Å². The van der Waals surface area contributed by atoms with Gasteiger partial charge in [0.25, 0.3) is 0 Å². The number of carbonyl (C=O) groups excluding carboxylic acids is 5. The molecule has 0 aromatic rings. The smallest absolute Gasteiger partial charge is 0.337 e. The van der Waals surface area contributed by atoms with Gasteiger partial charge in [0.05, 0.1) is 12.6 Å². The Morgan fingerprint density at radius 1 is 1.22 bits per heavy atom. The molecule has 11 heteroatoms. The van der Waals surface area contributed by atoms with E-state index in [1.165, 1.54) is 6.92 Å². The summed E-state index contributed by atoms with van der Waals surface area (Å²) in [6.07, 6.45) is -0.109. The highest BCUT2D eigenvalue weighted by atomic mass is 32.2. The lowest BCUT2D eigenvalue weighted by molar-refractivity contribution is -0.160. The summed E-state index contributed by atoms with van der Waals surface area (Å²) in [4.78, 5) is 56.3. The molecule has 0 aromatic heterocycles. The van der Waals surface area contributed by atoms with Gasteiger partial charge >= 0.3 is 11.9 Å². The molecule has 0 aromatic carbocycles. The average molecular weight is 348 g/mol. The van der Waals surface area contributed by atoms with E-state index < -0.39 is 42.4 Å². The van der Waals surface area contributed by atoms with Crippen LogP contribution in [-0.4, -0.2) is 53.2 Å². The van der Waals surface area contributed by atoms with Gasteiger partial charge in [0.1, 0.15) is 6.04 Å². The number of thioether (sulfide) groups is 1. The summed E-state index contributed by atoms with van der Waals surface area (Å²) in [5.74, 6) is -3.52. The van der Waals surface area contributed by atoms with Crippen molar-refractivity contribution in [1.29, 1.82) is 0 Å². The van der Waals surface area contributed by atoms with E-state index in [2.05, 4.69) is 10.1 Å². The largest absolute Gasteiger partial charge is 0.391 e. The molecule has 0 bridgehead atoms. The van der Waals surface area contributed by atoms with E-state index >= 15 is 0 Å². The van der Waals surface area contributed by atoms with Gasteiger partial charge in [0.2, 0.25) is 11.8 Å². The predicted octanol–water partition coefficient (Wildman–Crippen LogP) is -2.63. The minimum absolute atomic E-state index is 0.00941. The molecule has 0 aliphatic heterocycles. The molecule has 23 heavy (non-hydrogen) atoms. The molecule has 10 nitrogen and oxygen atoms in total. The van der Waals surface area contributed by atoms with Crippen LogP contribution in [0.25, 0.3) is 0 Å². The summed E-state index contributed by atoms with van der Waals surface area (Å²) in [5.41, 5.74) is 15.5. The molecule has 7 N–H and O–H groups in total. The first-order valence-corrected chi connectivity index (χ1v) is 7.58. The van der Waals surface area contributed by atoms with Crippen molar-refractivity contribution in [3.05, 3.63) is 0 Å². The molecule has 0 radical (unpaired) electrons. The lowest BCUT2D eigenvalue weighted by atomic mass is 10.1. The molecule has 0 saturated heterocycles. The molecule has 2 atom stereocenters. The van der Waals surface area contributed by atoms with Crippen LogP contribution in [0.15, 0.2) is 0 Å². The van der Waals surface area contributed by atoms with Crippen molar-refractivity contribution in [2.45, 2.75) is 31.8 Å². The Labute approximate surface area is 136 Å². The summed E-state index contributed by atoms with van der Waals surface area (Å²) in [5, 5.41) is 1.98. The second-order valence-electron chi connectivity index (χ2n) is 4.47. The first kappa shape index (κ1) is 21.0. The molecule has 0 fully saturated rings. The van der Waals surface area contributed by atoms with Crippen molar-refractivity contribution < 1.29 is 28.7 Å². The number of esters is 2. The highest BCUT2D eigenvalue weighted by molar-refractivity contribution is 8.13. The number of hydrogen-bond acceptors (Lipinski definition) is 9. The van der Waals surface area contributed by atoms with Crippen LogP contribution in [-0.2, 0) is 28.7 Å². The molecule has 0 aliphatic carbocycles. The van der Waals surface area contributed by atoms with Crippen LogP contribution in [0.3, 0.4) is 0 Å². The summed E-state index contributed by atoms with van der Waals surface area (Å²) >= 11 is 0.762. The van der Waals surface area contributed by atoms with E-state index in [1.807, 2.05) is 0 Å². The van der Waals surface area contributed by atoms with Gasteiger partial charge in [-0.1, -0.05) is 11.8 Å². The summed E-state index contributed by atoms with van der Waals surface area (Å²) in [6.45, 7) is 0.767. The minimum Gasteiger partial charge on any atom is -0.391 e. The molecule has 2 amide bonds. The molecular formula is C12H20N4O6S. The summed E-state index contributed by atoms with van der Waals surface area (Å²) in [7, 11) is 0. The Balaban J connectivity index is 4.75. The van der Waals surface area contributed by atoms with Crippen molar-refractivity contribution in [2.24, 2.45) is 17.2 Å². The fraction of sp³-hybridized carbons (Fsp3) is 0.583. The fourth-order valence-electron chi connectivity index (χ4n) is 1.30. The molecule has 0 rings (SSSR count). The average Bonchev–Trinajstić information content (AvgIpc) is 2.47. The molecule has 0 spiro atoms. The van der Waals surface area contributed by atoms with Gasteiger partial charge in [-0.3, -0.25) is 19.2 Å². The van der Waals surface area contributed by atoms with Crippen LogP contribution in [0.5, 0.6) is 0 Å². The monoisotopic (exact) mass is 348 g/mol. The van der Waals surface area contributed by atoms with Gasteiger partial charge < -0.3 is 27.3 Å². The number of primary amides is 1. The van der Waals surface area contributed by atoms with Crippen LogP contribution in [0, 0.1) is 0 Å². The van der Waals surface area contributed by atoms with Crippen molar-refractivity contribution in [1.82, 2.24) is 5.32 Å². The van der Waals surface area contributed by atoms with Gasteiger partial charge in [-0.25, -0.2) is 4.79 Å². The third-order valence-electron chi connectivity index (χ3n) is 2.47. The zero-order valence-electron chi connectivity index (χ0n) is 12.6. The van der Waals surface area contributed by atoms with E-state index in [0.29, 0.717) is 0 Å². The fourth-order valence-corrected chi connectivity index (χ4v) is 1.92. The van der Waals surface area contributed by atoms with Crippen molar-refractivity contribution in [2.75, 3.05) is 12.3 Å². The number of nitrogens with two attached hydrogens (primary N) is 3. The van der Waals surface area contributed by atoms with Crippen LogP contribution >= 0.6 is 11.8 Å². The zero-order valence-corrected chi connectivity index (χ0v) is 13.4. The Morgan fingerprint density at radius 2 is 1.83 bits per heavy atom. The molecule has 130 valence electrons. The number of carbonyl (C=O) groups is 5. The van der Waals surface area contributed by atoms with E-state index in [4.69, 9.17) is 17.2 Å². The summed E-state index contributed by atoms with van der Waals surface area (Å²) < 4.78 is 4.42. The molecule has 0 saturated carbocycles. The number of rotatable bonds is 9. The highest BCUT2D eigenvalue weighted by Gasteiger charge is 2.27. The van der Waals surface area contributed by atoms with E-state index in [9.17, 15) is 24.0 Å². The lowest BCUT2D eigenvalue weighted by Crippen LogP contribution is -2.50. The second kappa shape index (κ2) is 10.7. The maximum absolute atomic E-state index is 11.9. The number of hydrogen-bond donors (Lipinski definition) is 4. The molecular weight excluding hydrogens is 328 g/mol. The Hall–Kier alpha value is -1.98. The maximum atomic E-state index is 11.9. The molecule has 0 aliphatic rings. The van der Waals surface area contributed by atoms with Gasteiger partial charge in [0.15, 0.2) is 5.12 Å². The van der Waals surface area contributed by atoms with Gasteiger partial charge in [-0.15, -0.1) is 0 Å². The van der Waals surface area contributed by atoms with E-state index in [0.717, 1.165) is 11.8 Å². The zero-order chi connectivity index (χ0) is 18.0. The maximum Gasteiger partial charge on any atom is 0.337 e. The Kier molecular flexibility index (Phi) is 9.78. The Bertz CT molecular complexity index is 484. The van der Waals surface area contributed by atoms with Crippen LogP contribution < -0.4 is 22.5 Å². The standard InChI is InChI=1S/C12H20N4O6S/c1-6(17)23-5-8(12(21)22-10(19)4-13)16-11(20)7(14)2-3-9(15)18/h7-8H,2-5,13-14H2,1H3,(H2,15,18)(H,16,20)/t7-,8-/m0/s1. The first-order chi connectivity index (χ1) is 10.7. The van der Waals surface area contributed by atoms with Gasteiger partial charge in [-0.2, -0.15) is 0 Å². The topological polar surface area (TPSA) is 185 Å².